The van der Waals surface area contributed by atoms with Crippen LogP contribution < -0.4 is 0 Å². The van der Waals surface area contributed by atoms with E-state index in [1.54, 1.807) is 18.3 Å². The first-order valence-electron chi connectivity index (χ1n) is 9.21. The van der Waals surface area contributed by atoms with Gasteiger partial charge in [0.1, 0.15) is 0 Å². The van der Waals surface area contributed by atoms with Gasteiger partial charge in [-0.15, -0.1) is 0 Å². The Morgan fingerprint density at radius 1 is 1.26 bits per heavy atom. The molecule has 1 N–H and O–H groups in total. The van der Waals surface area contributed by atoms with Crippen LogP contribution in [0.5, 0.6) is 0 Å². The van der Waals surface area contributed by atoms with Crippen molar-refractivity contribution in [3.05, 3.63) is 41.4 Å². The molecule has 1 aliphatic heterocycles. The molecule has 0 aliphatic carbocycles. The number of carboxylic acids is 1. The van der Waals surface area contributed by atoms with Gasteiger partial charge in [-0.2, -0.15) is 0 Å². The third-order valence-corrected chi connectivity index (χ3v) is 5.13. The van der Waals surface area contributed by atoms with Gasteiger partial charge < -0.3 is 14.4 Å². The molecule has 27 heavy (non-hydrogen) atoms. The number of aryl methyl sites for hydroxylation is 1. The van der Waals surface area contributed by atoms with Crippen LogP contribution in [-0.2, 0) is 16.0 Å². The number of nitrogens with zero attached hydrogens (tertiary/aromatic N) is 2. The molecule has 3 rings (SSSR count). The number of likely N-dealkylation sites (tertiary alicyclic amines) is 1. The highest BCUT2D eigenvalue weighted by Crippen LogP contribution is 2.24. The molecule has 2 heterocycles. The lowest BCUT2D eigenvalue weighted by Crippen LogP contribution is -2.40. The van der Waals surface area contributed by atoms with Crippen molar-refractivity contribution in [3.8, 4) is 11.3 Å². The number of carboxylic acid groups (broad SMARTS) is 1. The molecule has 1 aromatic carbocycles. The zero-order valence-electron chi connectivity index (χ0n) is 15.1. The van der Waals surface area contributed by atoms with E-state index < -0.39 is 5.97 Å². The number of hydrogen-bond acceptors (Lipinski definition) is 4. The molecule has 0 unspecified atom stereocenters. The number of hydrogen-bond donors (Lipinski definition) is 1. The summed E-state index contributed by atoms with van der Waals surface area (Å²) in [5.74, 6) is 0.755. The highest BCUT2D eigenvalue weighted by atomic mass is 35.5. The summed E-state index contributed by atoms with van der Waals surface area (Å²) in [5.41, 5.74) is 0.891. The Labute approximate surface area is 163 Å². The van der Waals surface area contributed by atoms with Gasteiger partial charge >= 0.3 is 5.97 Å². The monoisotopic (exact) mass is 390 g/mol. The minimum absolute atomic E-state index is 0.0706. The van der Waals surface area contributed by atoms with Crippen molar-refractivity contribution in [2.45, 2.75) is 38.5 Å². The molecule has 1 amide bonds. The van der Waals surface area contributed by atoms with Gasteiger partial charge in [-0.3, -0.25) is 9.59 Å². The lowest BCUT2D eigenvalue weighted by atomic mass is 9.93. The summed E-state index contributed by atoms with van der Waals surface area (Å²) in [7, 11) is 0. The lowest BCUT2D eigenvalue weighted by molar-refractivity contribution is -0.137. The number of benzene rings is 1. The number of rotatable bonds is 7. The van der Waals surface area contributed by atoms with Crippen LogP contribution in [0.25, 0.3) is 11.3 Å². The second-order valence-electron chi connectivity index (χ2n) is 6.91. The average Bonchev–Trinajstić information content (AvgIpc) is 3.14. The number of carbonyl (C=O) groups is 2. The van der Waals surface area contributed by atoms with Crippen molar-refractivity contribution in [2.75, 3.05) is 13.1 Å². The first kappa shape index (κ1) is 19.4. The predicted molar refractivity (Wildman–Crippen MR) is 101 cm³/mol. The van der Waals surface area contributed by atoms with Crippen LogP contribution in [0.1, 0.15) is 38.0 Å². The molecule has 2 aromatic rings. The molecule has 0 spiro atoms. The molecule has 0 saturated carbocycles. The Hall–Kier alpha value is -2.34. The smallest absolute Gasteiger partial charge is 0.303 e. The average molecular weight is 391 g/mol. The summed E-state index contributed by atoms with van der Waals surface area (Å²) < 4.78 is 5.74. The second kappa shape index (κ2) is 9.04. The van der Waals surface area contributed by atoms with Crippen LogP contribution in [-0.4, -0.2) is 40.0 Å². The minimum Gasteiger partial charge on any atom is -0.481 e. The van der Waals surface area contributed by atoms with Gasteiger partial charge in [0.2, 0.25) is 5.91 Å². The number of aliphatic carboxylic acids is 1. The number of piperidine rings is 1. The topological polar surface area (TPSA) is 83.6 Å². The summed E-state index contributed by atoms with van der Waals surface area (Å²) in [5, 5.41) is 9.48. The van der Waals surface area contributed by atoms with Crippen LogP contribution in [0.3, 0.4) is 0 Å². The predicted octanol–water partition coefficient (Wildman–Crippen LogP) is 4.03. The highest BCUT2D eigenvalue weighted by molar-refractivity contribution is 6.30. The Bertz CT molecular complexity index is 788. The van der Waals surface area contributed by atoms with Crippen LogP contribution in [0, 0.1) is 5.92 Å². The molecule has 144 valence electrons. The minimum atomic E-state index is -0.779. The quantitative estimate of drug-likeness (QED) is 0.771. The standard InChI is InChI=1S/C20H23ClN2O4/c21-16-6-4-15(5-7-16)17-12-22-18(27-17)8-9-19(24)23-11-1-2-14(13-23)3-10-20(25)26/h4-7,12,14H,1-3,8-11,13H2,(H,25,26)/t14-/m1/s1. The molecule has 1 fully saturated rings. The van der Waals surface area contributed by atoms with Crippen molar-refractivity contribution in [1.82, 2.24) is 9.88 Å². The van der Waals surface area contributed by atoms with Gasteiger partial charge in [0.25, 0.3) is 0 Å². The maximum Gasteiger partial charge on any atom is 0.303 e. The number of aromatic nitrogens is 1. The van der Waals surface area contributed by atoms with Crippen molar-refractivity contribution >= 4 is 23.5 Å². The Balaban J connectivity index is 1.50. The maximum absolute atomic E-state index is 12.5. The summed E-state index contributed by atoms with van der Waals surface area (Å²) >= 11 is 5.89. The first-order valence-corrected chi connectivity index (χ1v) is 9.59. The van der Waals surface area contributed by atoms with Crippen molar-refractivity contribution in [3.63, 3.8) is 0 Å². The molecular formula is C20H23ClN2O4. The van der Waals surface area contributed by atoms with Gasteiger partial charge in [0.15, 0.2) is 11.7 Å². The van der Waals surface area contributed by atoms with E-state index in [2.05, 4.69) is 4.98 Å². The third-order valence-electron chi connectivity index (χ3n) is 4.87. The molecule has 1 atom stereocenters. The summed E-state index contributed by atoms with van der Waals surface area (Å²) in [4.78, 5) is 29.3. The van der Waals surface area contributed by atoms with E-state index in [4.69, 9.17) is 21.1 Å². The molecule has 1 aromatic heterocycles. The molecule has 6 nitrogen and oxygen atoms in total. The van der Waals surface area contributed by atoms with Crippen LogP contribution >= 0.6 is 11.6 Å². The molecule has 0 bridgehead atoms. The summed E-state index contributed by atoms with van der Waals surface area (Å²) in [6.45, 7) is 1.39. The van der Waals surface area contributed by atoms with Gasteiger partial charge in [-0.05, 0) is 49.4 Å². The summed E-state index contributed by atoms with van der Waals surface area (Å²) in [6, 6.07) is 7.31. The fourth-order valence-corrected chi connectivity index (χ4v) is 3.53. The van der Waals surface area contributed by atoms with E-state index in [9.17, 15) is 9.59 Å². The summed E-state index contributed by atoms with van der Waals surface area (Å²) in [6.07, 6.45) is 5.15. The zero-order valence-corrected chi connectivity index (χ0v) is 15.8. The van der Waals surface area contributed by atoms with Crippen molar-refractivity contribution in [2.24, 2.45) is 5.92 Å². The highest BCUT2D eigenvalue weighted by Gasteiger charge is 2.24. The number of amides is 1. The Morgan fingerprint density at radius 3 is 2.78 bits per heavy atom. The normalized spacial score (nSPS) is 17.1. The molecular weight excluding hydrogens is 368 g/mol. The SMILES string of the molecule is O=C(O)CC[C@H]1CCCN(C(=O)CCc2ncc(-c3ccc(Cl)cc3)o2)C1. The van der Waals surface area contributed by atoms with Gasteiger partial charge in [-0.1, -0.05) is 11.6 Å². The molecule has 0 radical (unpaired) electrons. The lowest BCUT2D eigenvalue weighted by Gasteiger charge is -2.32. The number of carbonyl (C=O) groups excluding carboxylic acids is 1. The molecule has 7 heteroatoms. The van der Waals surface area contributed by atoms with Crippen LogP contribution in [0.4, 0.5) is 0 Å². The zero-order chi connectivity index (χ0) is 19.2. The van der Waals surface area contributed by atoms with E-state index in [-0.39, 0.29) is 18.2 Å². The number of halogens is 1. The number of oxazole rings is 1. The maximum atomic E-state index is 12.5. The third kappa shape index (κ3) is 5.57. The van der Waals surface area contributed by atoms with E-state index in [1.165, 1.54) is 0 Å². The van der Waals surface area contributed by atoms with Gasteiger partial charge in [0, 0.05) is 42.9 Å². The Kier molecular flexibility index (Phi) is 6.50. The van der Waals surface area contributed by atoms with Crippen molar-refractivity contribution < 1.29 is 19.1 Å². The van der Waals surface area contributed by atoms with E-state index in [0.717, 1.165) is 24.9 Å². The van der Waals surface area contributed by atoms with E-state index >= 15 is 0 Å². The van der Waals surface area contributed by atoms with Gasteiger partial charge in [0.05, 0.1) is 6.20 Å². The Morgan fingerprint density at radius 2 is 2.04 bits per heavy atom. The van der Waals surface area contributed by atoms with Gasteiger partial charge in [-0.25, -0.2) is 4.98 Å². The fourth-order valence-electron chi connectivity index (χ4n) is 3.40. The molecule has 1 aliphatic rings. The van der Waals surface area contributed by atoms with Crippen LogP contribution in [0.15, 0.2) is 34.9 Å². The van der Waals surface area contributed by atoms with E-state index in [1.807, 2.05) is 17.0 Å². The molecule has 1 saturated heterocycles. The van der Waals surface area contributed by atoms with Crippen molar-refractivity contribution in [1.29, 1.82) is 0 Å². The van der Waals surface area contributed by atoms with E-state index in [0.29, 0.717) is 42.5 Å². The van der Waals surface area contributed by atoms with Crippen LogP contribution in [0.2, 0.25) is 5.02 Å². The largest absolute Gasteiger partial charge is 0.481 e. The fraction of sp³-hybridized carbons (Fsp3) is 0.450. The first-order chi connectivity index (χ1) is 13.0. The second-order valence-corrected chi connectivity index (χ2v) is 7.34.